The first-order chi connectivity index (χ1) is 17.5. The van der Waals surface area contributed by atoms with Crippen LogP contribution in [0.3, 0.4) is 0 Å². The van der Waals surface area contributed by atoms with E-state index >= 15 is 0 Å². The maximum atomic E-state index is 12.0. The predicted octanol–water partition coefficient (Wildman–Crippen LogP) is 2.56. The van der Waals surface area contributed by atoms with E-state index in [4.69, 9.17) is 5.10 Å². The Kier molecular flexibility index (Phi) is 5.57. The Morgan fingerprint density at radius 3 is 2.64 bits per heavy atom. The number of hydrogen-bond donors (Lipinski definition) is 1. The van der Waals surface area contributed by atoms with Crippen LogP contribution in [-0.4, -0.2) is 60.1 Å². The van der Waals surface area contributed by atoms with Crippen molar-refractivity contribution in [3.63, 3.8) is 0 Å². The van der Waals surface area contributed by atoms with Crippen LogP contribution >= 0.6 is 0 Å². The summed E-state index contributed by atoms with van der Waals surface area (Å²) in [6.45, 7) is 3.03. The van der Waals surface area contributed by atoms with Gasteiger partial charge in [0.15, 0.2) is 11.5 Å². The third-order valence-corrected chi connectivity index (χ3v) is 6.70. The van der Waals surface area contributed by atoms with Crippen LogP contribution in [0.15, 0.2) is 66.0 Å². The maximum Gasteiger partial charge on any atom is 0.250 e. The lowest BCUT2D eigenvalue weighted by atomic mass is 10.1. The summed E-state index contributed by atoms with van der Waals surface area (Å²) in [4.78, 5) is 25.3. The minimum atomic E-state index is -0.00550. The first-order valence-corrected chi connectivity index (χ1v) is 11.9. The summed E-state index contributed by atoms with van der Waals surface area (Å²) >= 11 is 0. The molecule has 5 aromatic rings. The summed E-state index contributed by atoms with van der Waals surface area (Å²) in [7, 11) is 4.11. The highest BCUT2D eigenvalue weighted by molar-refractivity contribution is 5.88. The molecule has 0 amide bonds. The minimum Gasteiger partial charge on any atom is -0.312 e. The summed E-state index contributed by atoms with van der Waals surface area (Å²) in [5.74, 6) is 1.66. The van der Waals surface area contributed by atoms with Crippen LogP contribution in [0.2, 0.25) is 0 Å². The van der Waals surface area contributed by atoms with E-state index in [2.05, 4.69) is 56.4 Å². The molecule has 182 valence electrons. The van der Waals surface area contributed by atoms with Gasteiger partial charge in [0.2, 0.25) is 0 Å². The van der Waals surface area contributed by atoms with Gasteiger partial charge >= 0.3 is 0 Å². The van der Waals surface area contributed by atoms with Gasteiger partial charge in [-0.1, -0.05) is 30.3 Å². The number of pyridine rings is 1. The fraction of sp³-hybridized carbons (Fsp3) is 0.269. The largest absolute Gasteiger partial charge is 0.312 e. The van der Waals surface area contributed by atoms with Crippen LogP contribution in [0.25, 0.3) is 11.0 Å². The average Bonchev–Trinajstić information content (AvgIpc) is 3.49. The molecule has 0 radical (unpaired) electrons. The molecule has 1 N–H and O–H groups in total. The summed E-state index contributed by atoms with van der Waals surface area (Å²) in [5.41, 5.74) is 5.22. The number of aromatic amines is 1. The van der Waals surface area contributed by atoms with E-state index in [1.165, 1.54) is 11.3 Å². The lowest BCUT2D eigenvalue weighted by Crippen LogP contribution is -2.27. The van der Waals surface area contributed by atoms with Crippen molar-refractivity contribution >= 4 is 22.7 Å². The van der Waals surface area contributed by atoms with Crippen molar-refractivity contribution in [2.45, 2.75) is 26.1 Å². The zero-order valence-electron chi connectivity index (χ0n) is 20.3. The highest BCUT2D eigenvalue weighted by Crippen LogP contribution is 2.32. The van der Waals surface area contributed by atoms with Crippen molar-refractivity contribution in [3.05, 3.63) is 93.9 Å². The molecule has 10 heteroatoms. The number of rotatable bonds is 6. The molecule has 0 saturated heterocycles. The fourth-order valence-corrected chi connectivity index (χ4v) is 4.74. The molecule has 6 rings (SSSR count). The fourth-order valence-electron chi connectivity index (χ4n) is 4.74. The van der Waals surface area contributed by atoms with Crippen LogP contribution in [0.5, 0.6) is 0 Å². The van der Waals surface area contributed by atoms with Gasteiger partial charge in [-0.15, -0.1) is 0 Å². The van der Waals surface area contributed by atoms with Gasteiger partial charge in [-0.25, -0.2) is 9.97 Å². The van der Waals surface area contributed by atoms with Crippen LogP contribution < -0.4 is 10.5 Å². The third kappa shape index (κ3) is 4.16. The topological polar surface area (TPSA) is 101 Å². The Balaban J connectivity index is 1.24. The van der Waals surface area contributed by atoms with E-state index < -0.39 is 0 Å². The summed E-state index contributed by atoms with van der Waals surface area (Å²) in [6.07, 6.45) is 6.31. The second kappa shape index (κ2) is 9.04. The highest BCUT2D eigenvalue weighted by atomic mass is 16.1. The van der Waals surface area contributed by atoms with Gasteiger partial charge < -0.3 is 14.4 Å². The number of aromatic nitrogens is 7. The third-order valence-electron chi connectivity index (χ3n) is 6.70. The Bertz CT molecular complexity index is 1580. The SMILES string of the molecule is CN1CCc2[nH]nc(N(C)c3ncnc4nn(Cc5ccc(Cn6ccccc6=O)cc5)cc34)c2C1. The Morgan fingerprint density at radius 2 is 1.83 bits per heavy atom. The molecule has 0 atom stereocenters. The second-order valence-corrected chi connectivity index (χ2v) is 9.30. The number of H-pyrrole nitrogens is 1. The van der Waals surface area contributed by atoms with E-state index in [0.717, 1.165) is 47.7 Å². The van der Waals surface area contributed by atoms with Crippen molar-refractivity contribution in [2.75, 3.05) is 25.5 Å². The molecule has 0 bridgehead atoms. The van der Waals surface area contributed by atoms with Crippen LogP contribution in [0.4, 0.5) is 11.6 Å². The zero-order chi connectivity index (χ0) is 24.6. The summed E-state index contributed by atoms with van der Waals surface area (Å²) < 4.78 is 3.58. The number of fused-ring (bicyclic) bond motifs is 2. The van der Waals surface area contributed by atoms with Crippen molar-refractivity contribution in [1.82, 2.24) is 39.4 Å². The maximum absolute atomic E-state index is 12.0. The molecule has 0 aliphatic carbocycles. The molecule has 10 nitrogen and oxygen atoms in total. The Hall–Kier alpha value is -4.31. The predicted molar refractivity (Wildman–Crippen MR) is 137 cm³/mol. The van der Waals surface area contributed by atoms with Gasteiger partial charge in [0.05, 0.1) is 18.5 Å². The molecule has 0 unspecified atom stereocenters. The lowest BCUT2D eigenvalue weighted by molar-refractivity contribution is 0.312. The van der Waals surface area contributed by atoms with Gasteiger partial charge in [-0.2, -0.15) is 10.2 Å². The van der Waals surface area contributed by atoms with E-state index in [0.29, 0.717) is 18.7 Å². The van der Waals surface area contributed by atoms with Crippen molar-refractivity contribution < 1.29 is 0 Å². The molecular weight excluding hydrogens is 454 g/mol. The molecule has 1 aliphatic heterocycles. The average molecular weight is 482 g/mol. The number of likely N-dealkylation sites (N-methyl/N-ethyl adjacent to an activating group) is 1. The number of anilines is 2. The van der Waals surface area contributed by atoms with Gasteiger partial charge in [0.1, 0.15) is 12.1 Å². The zero-order valence-corrected chi connectivity index (χ0v) is 20.3. The van der Waals surface area contributed by atoms with Crippen molar-refractivity contribution in [1.29, 1.82) is 0 Å². The van der Waals surface area contributed by atoms with Crippen LogP contribution in [-0.2, 0) is 26.1 Å². The first-order valence-electron chi connectivity index (χ1n) is 11.9. The molecule has 0 saturated carbocycles. The van der Waals surface area contributed by atoms with Gasteiger partial charge in [0, 0.05) is 56.3 Å². The molecule has 0 spiro atoms. The van der Waals surface area contributed by atoms with Gasteiger partial charge in [0.25, 0.3) is 5.56 Å². The highest BCUT2D eigenvalue weighted by Gasteiger charge is 2.24. The Morgan fingerprint density at radius 1 is 1.03 bits per heavy atom. The van der Waals surface area contributed by atoms with Gasteiger partial charge in [-0.3, -0.25) is 14.6 Å². The molecular formula is C26H27N9O. The molecule has 5 heterocycles. The Labute approximate surface area is 207 Å². The minimum absolute atomic E-state index is 0.00550. The van der Waals surface area contributed by atoms with Crippen molar-refractivity contribution in [2.24, 2.45) is 0 Å². The quantitative estimate of drug-likeness (QED) is 0.398. The lowest BCUT2D eigenvalue weighted by Gasteiger charge is -2.24. The molecule has 1 aliphatic rings. The van der Waals surface area contributed by atoms with E-state index in [-0.39, 0.29) is 5.56 Å². The van der Waals surface area contributed by atoms with Crippen molar-refractivity contribution in [3.8, 4) is 0 Å². The molecule has 0 fully saturated rings. The number of hydrogen-bond acceptors (Lipinski definition) is 7. The molecule has 1 aromatic carbocycles. The standard InChI is InChI=1S/C26H27N9O/c1-32-12-10-22-20(15-32)26(30-29-22)33(2)25-21-16-35(31-24(21)27-17-28-25)14-19-8-6-18(7-9-19)13-34-11-4-3-5-23(34)36/h3-9,11,16-17H,10,12-15H2,1-2H3,(H,29,30). The normalized spacial score (nSPS) is 13.7. The van der Waals surface area contributed by atoms with Gasteiger partial charge in [-0.05, 0) is 24.2 Å². The van der Waals surface area contributed by atoms with E-state index in [9.17, 15) is 4.79 Å². The number of nitrogens with one attached hydrogen (secondary N) is 1. The summed E-state index contributed by atoms with van der Waals surface area (Å²) in [6, 6.07) is 13.4. The molecule has 4 aromatic heterocycles. The molecule has 36 heavy (non-hydrogen) atoms. The monoisotopic (exact) mass is 481 g/mol. The summed E-state index contributed by atoms with van der Waals surface area (Å²) in [5, 5.41) is 13.4. The van der Waals surface area contributed by atoms with E-state index in [1.54, 1.807) is 29.2 Å². The smallest absolute Gasteiger partial charge is 0.250 e. The van der Waals surface area contributed by atoms with E-state index in [1.807, 2.05) is 28.9 Å². The first kappa shape index (κ1) is 22.2. The number of benzene rings is 1. The van der Waals surface area contributed by atoms with Crippen LogP contribution in [0, 0.1) is 0 Å². The second-order valence-electron chi connectivity index (χ2n) is 9.30. The number of nitrogens with zero attached hydrogens (tertiary/aromatic N) is 8. The van der Waals surface area contributed by atoms with Crippen LogP contribution in [0.1, 0.15) is 22.4 Å².